The molecule has 0 spiro atoms. The number of amides is 1. The van der Waals surface area contributed by atoms with Crippen LogP contribution in [0.2, 0.25) is 10.2 Å². The van der Waals surface area contributed by atoms with Crippen LogP contribution < -0.4 is 5.32 Å². The van der Waals surface area contributed by atoms with Crippen molar-refractivity contribution in [3.63, 3.8) is 0 Å². The highest BCUT2D eigenvalue weighted by atomic mass is 35.5. The van der Waals surface area contributed by atoms with Gasteiger partial charge in [-0.25, -0.2) is 14.1 Å². The molecule has 0 aliphatic heterocycles. The Morgan fingerprint density at radius 1 is 1.12 bits per heavy atom. The number of nitrogens with one attached hydrogen (secondary N) is 1. The van der Waals surface area contributed by atoms with Crippen LogP contribution in [0.5, 0.6) is 0 Å². The number of hydrogen-bond donors (Lipinski definition) is 1. The lowest BCUT2D eigenvalue weighted by Crippen LogP contribution is -2.24. The summed E-state index contributed by atoms with van der Waals surface area (Å²) >= 11 is 11.7. The third kappa shape index (κ3) is 3.72. The first-order valence-corrected chi connectivity index (χ1v) is 7.69. The molecule has 1 aromatic carbocycles. The largest absolute Gasteiger partial charge is 0.345 e. The molecule has 1 N–H and O–H groups in total. The van der Waals surface area contributed by atoms with Crippen molar-refractivity contribution >= 4 is 29.1 Å². The van der Waals surface area contributed by atoms with E-state index in [1.54, 1.807) is 29.1 Å². The fourth-order valence-corrected chi connectivity index (χ4v) is 2.36. The molecule has 2 aromatic heterocycles. The van der Waals surface area contributed by atoms with Gasteiger partial charge in [0.1, 0.15) is 16.7 Å². The number of carbonyl (C=O) groups excluding carboxylic acids is 1. The molecule has 0 radical (unpaired) electrons. The second kappa shape index (κ2) is 6.98. The minimum atomic E-state index is -0.446. The van der Waals surface area contributed by atoms with E-state index in [9.17, 15) is 9.18 Å². The molecule has 0 saturated heterocycles. The van der Waals surface area contributed by atoms with E-state index >= 15 is 0 Å². The predicted octanol–water partition coefficient (Wildman–Crippen LogP) is 3.64. The third-order valence-electron chi connectivity index (χ3n) is 3.19. The molecule has 0 fully saturated rings. The maximum absolute atomic E-state index is 12.9. The Kier molecular flexibility index (Phi) is 4.78. The summed E-state index contributed by atoms with van der Waals surface area (Å²) < 4.78 is 14.5. The Bertz CT molecular complexity index is 880. The molecule has 122 valence electrons. The van der Waals surface area contributed by atoms with Crippen molar-refractivity contribution in [2.45, 2.75) is 6.54 Å². The minimum absolute atomic E-state index is 0.0575. The van der Waals surface area contributed by atoms with Gasteiger partial charge in [-0.2, -0.15) is 5.10 Å². The lowest BCUT2D eigenvalue weighted by molar-refractivity contribution is 0.0945. The van der Waals surface area contributed by atoms with Crippen LogP contribution in [0.25, 0.3) is 5.69 Å². The van der Waals surface area contributed by atoms with Crippen molar-refractivity contribution in [2.24, 2.45) is 0 Å². The van der Waals surface area contributed by atoms with E-state index in [-0.39, 0.29) is 28.2 Å². The van der Waals surface area contributed by atoms with E-state index in [0.29, 0.717) is 11.4 Å². The first-order chi connectivity index (χ1) is 11.5. The van der Waals surface area contributed by atoms with Crippen LogP contribution in [0.3, 0.4) is 0 Å². The summed E-state index contributed by atoms with van der Waals surface area (Å²) in [5.74, 6) is -0.761. The number of nitrogens with zero attached hydrogens (tertiary/aromatic N) is 3. The number of hydrogen-bond acceptors (Lipinski definition) is 3. The summed E-state index contributed by atoms with van der Waals surface area (Å²) in [5.41, 5.74) is 1.40. The average molecular weight is 365 g/mol. The first kappa shape index (κ1) is 16.4. The zero-order chi connectivity index (χ0) is 17.1. The molecule has 0 aliphatic rings. The van der Waals surface area contributed by atoms with Gasteiger partial charge >= 0.3 is 0 Å². The highest BCUT2D eigenvalue weighted by Crippen LogP contribution is 2.16. The summed E-state index contributed by atoms with van der Waals surface area (Å²) in [5, 5.41) is 7.39. The van der Waals surface area contributed by atoms with Crippen molar-refractivity contribution < 1.29 is 9.18 Å². The van der Waals surface area contributed by atoms with Gasteiger partial charge in [0, 0.05) is 6.20 Å². The standard InChI is InChI=1S/C16H11Cl2FN4O/c17-13-5-6-14(18)21-15(13)16(24)20-9-11-7-8-23(22-11)12-3-1-10(19)2-4-12/h1-8H,9H2,(H,20,24). The Balaban J connectivity index is 1.68. The van der Waals surface area contributed by atoms with E-state index in [1.807, 2.05) is 0 Å². The van der Waals surface area contributed by atoms with E-state index in [2.05, 4.69) is 15.4 Å². The molecule has 5 nitrogen and oxygen atoms in total. The number of benzene rings is 1. The summed E-state index contributed by atoms with van der Waals surface area (Å²) in [6, 6.07) is 10.7. The molecular formula is C16H11Cl2FN4O. The summed E-state index contributed by atoms with van der Waals surface area (Å²) in [7, 11) is 0. The highest BCUT2D eigenvalue weighted by molar-refractivity contribution is 6.34. The molecule has 0 aliphatic carbocycles. The monoisotopic (exact) mass is 364 g/mol. The van der Waals surface area contributed by atoms with Crippen molar-refractivity contribution in [1.29, 1.82) is 0 Å². The number of rotatable bonds is 4. The molecule has 3 aromatic rings. The molecule has 2 heterocycles. The van der Waals surface area contributed by atoms with Crippen LogP contribution in [0.4, 0.5) is 4.39 Å². The van der Waals surface area contributed by atoms with Gasteiger partial charge in [0.25, 0.3) is 5.91 Å². The summed E-state index contributed by atoms with van der Waals surface area (Å²) in [4.78, 5) is 16.0. The van der Waals surface area contributed by atoms with E-state index < -0.39 is 5.91 Å². The maximum Gasteiger partial charge on any atom is 0.271 e. The van der Waals surface area contributed by atoms with Crippen LogP contribution in [0.15, 0.2) is 48.7 Å². The normalized spacial score (nSPS) is 10.6. The third-order valence-corrected chi connectivity index (χ3v) is 3.71. The van der Waals surface area contributed by atoms with Gasteiger partial charge in [-0.3, -0.25) is 4.79 Å². The van der Waals surface area contributed by atoms with Crippen LogP contribution in [0, 0.1) is 5.82 Å². The maximum atomic E-state index is 12.9. The van der Waals surface area contributed by atoms with E-state index in [0.717, 1.165) is 0 Å². The van der Waals surface area contributed by atoms with Gasteiger partial charge in [-0.05, 0) is 42.5 Å². The zero-order valence-corrected chi connectivity index (χ0v) is 13.7. The fourth-order valence-electron chi connectivity index (χ4n) is 2.03. The summed E-state index contributed by atoms with van der Waals surface area (Å²) in [6.07, 6.45) is 1.72. The molecule has 3 rings (SSSR count). The Morgan fingerprint density at radius 2 is 1.88 bits per heavy atom. The lowest BCUT2D eigenvalue weighted by atomic mass is 10.3. The first-order valence-electron chi connectivity index (χ1n) is 6.93. The topological polar surface area (TPSA) is 59.8 Å². The molecule has 0 saturated carbocycles. The second-order valence-electron chi connectivity index (χ2n) is 4.88. The number of carbonyl (C=O) groups is 1. The Morgan fingerprint density at radius 3 is 2.62 bits per heavy atom. The minimum Gasteiger partial charge on any atom is -0.345 e. The van der Waals surface area contributed by atoms with Gasteiger partial charge in [0.15, 0.2) is 0 Å². The molecule has 1 amide bonds. The van der Waals surface area contributed by atoms with E-state index in [1.165, 1.54) is 24.3 Å². The number of aromatic nitrogens is 3. The fraction of sp³-hybridized carbons (Fsp3) is 0.0625. The van der Waals surface area contributed by atoms with Crippen LogP contribution in [0.1, 0.15) is 16.2 Å². The highest BCUT2D eigenvalue weighted by Gasteiger charge is 2.13. The molecular weight excluding hydrogens is 354 g/mol. The van der Waals surface area contributed by atoms with Gasteiger partial charge in [0.2, 0.25) is 0 Å². The van der Waals surface area contributed by atoms with Crippen molar-refractivity contribution in [3.05, 3.63) is 76.0 Å². The van der Waals surface area contributed by atoms with Crippen molar-refractivity contribution in [3.8, 4) is 5.69 Å². The SMILES string of the molecule is O=C(NCc1ccn(-c2ccc(F)cc2)n1)c1nc(Cl)ccc1Cl. The van der Waals surface area contributed by atoms with Crippen LogP contribution in [-0.4, -0.2) is 20.7 Å². The molecule has 24 heavy (non-hydrogen) atoms. The Labute approximate surface area is 147 Å². The summed E-state index contributed by atoms with van der Waals surface area (Å²) in [6.45, 7) is 0.192. The number of halogens is 3. The Hall–Kier alpha value is -2.44. The van der Waals surface area contributed by atoms with Gasteiger partial charge in [0.05, 0.1) is 22.9 Å². The average Bonchev–Trinajstić information content (AvgIpc) is 3.04. The van der Waals surface area contributed by atoms with E-state index in [4.69, 9.17) is 23.2 Å². The smallest absolute Gasteiger partial charge is 0.271 e. The lowest BCUT2D eigenvalue weighted by Gasteiger charge is -2.05. The molecule has 0 unspecified atom stereocenters. The molecule has 0 bridgehead atoms. The van der Waals surface area contributed by atoms with Gasteiger partial charge in [-0.15, -0.1) is 0 Å². The van der Waals surface area contributed by atoms with Crippen molar-refractivity contribution in [1.82, 2.24) is 20.1 Å². The molecule has 8 heteroatoms. The number of pyridine rings is 1. The zero-order valence-electron chi connectivity index (χ0n) is 12.2. The van der Waals surface area contributed by atoms with Crippen LogP contribution >= 0.6 is 23.2 Å². The van der Waals surface area contributed by atoms with Gasteiger partial charge in [-0.1, -0.05) is 23.2 Å². The predicted molar refractivity (Wildman–Crippen MR) is 88.9 cm³/mol. The second-order valence-corrected chi connectivity index (χ2v) is 5.67. The van der Waals surface area contributed by atoms with Gasteiger partial charge < -0.3 is 5.32 Å². The quantitative estimate of drug-likeness (QED) is 0.718. The van der Waals surface area contributed by atoms with Crippen LogP contribution in [-0.2, 0) is 6.54 Å². The van der Waals surface area contributed by atoms with Crippen molar-refractivity contribution in [2.75, 3.05) is 0 Å². The molecule has 0 atom stereocenters.